The van der Waals surface area contributed by atoms with Crippen molar-refractivity contribution in [2.75, 3.05) is 19.6 Å². The maximum atomic E-state index is 12.5. The summed E-state index contributed by atoms with van der Waals surface area (Å²) in [6.07, 6.45) is 6.25. The van der Waals surface area contributed by atoms with Gasteiger partial charge in [0.1, 0.15) is 0 Å². The molecule has 132 valence electrons. The van der Waals surface area contributed by atoms with E-state index in [1.54, 1.807) is 0 Å². The third-order valence-electron chi connectivity index (χ3n) is 5.28. The molecule has 0 bridgehead atoms. The molecule has 0 unspecified atom stereocenters. The Morgan fingerprint density at radius 2 is 2.12 bits per heavy atom. The summed E-state index contributed by atoms with van der Waals surface area (Å²) in [4.78, 5) is 31.2. The largest absolute Gasteiger partial charge is 0.341 e. The first kappa shape index (κ1) is 17.5. The minimum atomic E-state index is 0.250. The second-order valence-corrected chi connectivity index (χ2v) is 8.58. The first-order valence-electron chi connectivity index (χ1n) is 9.18. The zero-order chi connectivity index (χ0) is 17.1. The van der Waals surface area contributed by atoms with E-state index in [4.69, 9.17) is 0 Å². The Morgan fingerprint density at radius 3 is 2.79 bits per heavy atom. The van der Waals surface area contributed by atoms with Crippen molar-refractivity contribution in [2.24, 2.45) is 0 Å². The van der Waals surface area contributed by atoms with Crippen LogP contribution in [0.3, 0.4) is 0 Å². The molecule has 2 saturated heterocycles. The normalized spacial score (nSPS) is 21.6. The fraction of sp³-hybridized carbons (Fsp3) is 0.684. The van der Waals surface area contributed by atoms with Crippen molar-refractivity contribution in [2.45, 2.75) is 64.8 Å². The van der Waals surface area contributed by atoms with Crippen molar-refractivity contribution in [1.29, 1.82) is 0 Å². The standard InChI is InChI=1S/C19H28N2O2S/c1-14-12-16(15(2)24-14)6-3-8-18(22)20-10-4-7-17(13-20)21-11-5-9-19(21)23/h12,17H,3-11,13H2,1-2H3/t17-/m0/s1. The van der Waals surface area contributed by atoms with Crippen LogP contribution in [-0.4, -0.2) is 47.3 Å². The second-order valence-electron chi connectivity index (χ2n) is 7.12. The van der Waals surface area contributed by atoms with Crippen LogP contribution in [0.4, 0.5) is 0 Å². The number of likely N-dealkylation sites (tertiary alicyclic amines) is 2. The van der Waals surface area contributed by atoms with Gasteiger partial charge in [0, 0.05) is 48.3 Å². The fourth-order valence-corrected chi connectivity index (χ4v) is 4.99. The van der Waals surface area contributed by atoms with Crippen LogP contribution in [0.2, 0.25) is 0 Å². The van der Waals surface area contributed by atoms with Crippen LogP contribution in [0.1, 0.15) is 53.8 Å². The monoisotopic (exact) mass is 348 g/mol. The Hall–Kier alpha value is -1.36. The highest BCUT2D eigenvalue weighted by Crippen LogP contribution is 2.24. The average molecular weight is 349 g/mol. The highest BCUT2D eigenvalue weighted by molar-refractivity contribution is 7.12. The summed E-state index contributed by atoms with van der Waals surface area (Å²) in [5.41, 5.74) is 1.39. The first-order chi connectivity index (χ1) is 11.5. The van der Waals surface area contributed by atoms with Gasteiger partial charge in [0.25, 0.3) is 0 Å². The molecule has 4 nitrogen and oxygen atoms in total. The number of thiophene rings is 1. The Morgan fingerprint density at radius 1 is 1.29 bits per heavy atom. The Kier molecular flexibility index (Phi) is 5.59. The molecule has 1 aromatic rings. The highest BCUT2D eigenvalue weighted by Gasteiger charge is 2.32. The van der Waals surface area contributed by atoms with E-state index in [1.165, 1.54) is 15.3 Å². The van der Waals surface area contributed by atoms with E-state index in [0.717, 1.165) is 51.7 Å². The number of hydrogen-bond acceptors (Lipinski definition) is 3. The maximum Gasteiger partial charge on any atom is 0.222 e. The van der Waals surface area contributed by atoms with Crippen molar-refractivity contribution in [3.05, 3.63) is 21.4 Å². The summed E-state index contributed by atoms with van der Waals surface area (Å²) in [6, 6.07) is 2.50. The summed E-state index contributed by atoms with van der Waals surface area (Å²) in [6.45, 7) is 6.77. The second kappa shape index (κ2) is 7.68. The third-order valence-corrected chi connectivity index (χ3v) is 6.29. The van der Waals surface area contributed by atoms with Gasteiger partial charge in [0.05, 0.1) is 0 Å². The number of hydrogen-bond donors (Lipinski definition) is 0. The van der Waals surface area contributed by atoms with E-state index < -0.39 is 0 Å². The van der Waals surface area contributed by atoms with Crippen LogP contribution in [0.25, 0.3) is 0 Å². The lowest BCUT2D eigenvalue weighted by Crippen LogP contribution is -2.50. The van der Waals surface area contributed by atoms with Gasteiger partial charge in [-0.2, -0.15) is 0 Å². The van der Waals surface area contributed by atoms with E-state index in [1.807, 2.05) is 21.1 Å². The zero-order valence-corrected chi connectivity index (χ0v) is 15.7. The lowest BCUT2D eigenvalue weighted by Gasteiger charge is -2.37. The molecule has 2 amide bonds. The van der Waals surface area contributed by atoms with Crippen LogP contribution < -0.4 is 0 Å². The van der Waals surface area contributed by atoms with Crippen molar-refractivity contribution in [3.8, 4) is 0 Å². The average Bonchev–Trinajstić information content (AvgIpc) is 3.12. The molecule has 0 aliphatic carbocycles. The van der Waals surface area contributed by atoms with Crippen LogP contribution >= 0.6 is 11.3 Å². The van der Waals surface area contributed by atoms with Gasteiger partial charge in [-0.05, 0) is 57.6 Å². The van der Waals surface area contributed by atoms with Gasteiger partial charge < -0.3 is 9.80 Å². The summed E-state index contributed by atoms with van der Waals surface area (Å²) >= 11 is 1.84. The first-order valence-corrected chi connectivity index (χ1v) is 9.99. The van der Waals surface area contributed by atoms with E-state index in [0.29, 0.717) is 12.8 Å². The van der Waals surface area contributed by atoms with Gasteiger partial charge in [-0.15, -0.1) is 11.3 Å². The molecule has 1 atom stereocenters. The molecule has 24 heavy (non-hydrogen) atoms. The molecule has 1 aromatic heterocycles. The predicted octanol–water partition coefficient (Wildman–Crippen LogP) is 3.30. The number of aryl methyl sites for hydroxylation is 3. The molecule has 2 fully saturated rings. The number of nitrogens with zero attached hydrogens (tertiary/aromatic N) is 2. The highest BCUT2D eigenvalue weighted by atomic mass is 32.1. The number of carbonyl (C=O) groups is 2. The molecule has 0 N–H and O–H groups in total. The molecule has 0 radical (unpaired) electrons. The van der Waals surface area contributed by atoms with Crippen molar-refractivity contribution in [3.63, 3.8) is 0 Å². The van der Waals surface area contributed by atoms with Gasteiger partial charge in [-0.1, -0.05) is 0 Å². The van der Waals surface area contributed by atoms with Crippen LogP contribution in [-0.2, 0) is 16.0 Å². The van der Waals surface area contributed by atoms with Crippen LogP contribution in [0, 0.1) is 13.8 Å². The van der Waals surface area contributed by atoms with E-state index in [2.05, 4.69) is 19.9 Å². The van der Waals surface area contributed by atoms with E-state index in [9.17, 15) is 9.59 Å². The number of carbonyl (C=O) groups excluding carboxylic acids is 2. The minimum absolute atomic E-state index is 0.250. The molecule has 3 rings (SSSR count). The smallest absolute Gasteiger partial charge is 0.222 e. The summed E-state index contributed by atoms with van der Waals surface area (Å²) in [5, 5.41) is 0. The Bertz CT molecular complexity index is 611. The lowest BCUT2D eigenvalue weighted by atomic mass is 10.0. The Balaban J connectivity index is 1.47. The Labute approximate surface area is 148 Å². The van der Waals surface area contributed by atoms with Gasteiger partial charge in [-0.3, -0.25) is 9.59 Å². The summed E-state index contributed by atoms with van der Waals surface area (Å²) in [5.74, 6) is 0.536. The van der Waals surface area contributed by atoms with Crippen LogP contribution in [0.5, 0.6) is 0 Å². The summed E-state index contributed by atoms with van der Waals surface area (Å²) < 4.78 is 0. The zero-order valence-electron chi connectivity index (χ0n) is 14.8. The predicted molar refractivity (Wildman–Crippen MR) is 97.3 cm³/mol. The molecule has 0 spiro atoms. The molecule has 0 saturated carbocycles. The molecule has 2 aliphatic heterocycles. The topological polar surface area (TPSA) is 40.6 Å². The molecule has 2 aliphatic rings. The molecule has 3 heterocycles. The maximum absolute atomic E-state index is 12.5. The van der Waals surface area contributed by atoms with E-state index in [-0.39, 0.29) is 17.9 Å². The summed E-state index contributed by atoms with van der Waals surface area (Å²) in [7, 11) is 0. The van der Waals surface area contributed by atoms with Gasteiger partial charge >= 0.3 is 0 Å². The van der Waals surface area contributed by atoms with Crippen LogP contribution in [0.15, 0.2) is 6.07 Å². The minimum Gasteiger partial charge on any atom is -0.341 e. The quantitative estimate of drug-likeness (QED) is 0.819. The molecular formula is C19H28N2O2S. The number of rotatable bonds is 5. The number of piperidine rings is 1. The van der Waals surface area contributed by atoms with Gasteiger partial charge in [0.15, 0.2) is 0 Å². The van der Waals surface area contributed by atoms with Gasteiger partial charge in [0.2, 0.25) is 11.8 Å². The SMILES string of the molecule is Cc1cc(CCCC(=O)N2CCC[C@H](N3CCCC3=O)C2)c(C)s1. The fourth-order valence-electron chi connectivity index (χ4n) is 4.01. The molecule has 5 heteroatoms. The third kappa shape index (κ3) is 4.00. The van der Waals surface area contributed by atoms with Crippen molar-refractivity contribution >= 4 is 23.2 Å². The number of amides is 2. The molecule has 0 aromatic carbocycles. The molecular weight excluding hydrogens is 320 g/mol. The van der Waals surface area contributed by atoms with E-state index >= 15 is 0 Å². The van der Waals surface area contributed by atoms with Crippen molar-refractivity contribution in [1.82, 2.24) is 9.80 Å². The van der Waals surface area contributed by atoms with Crippen molar-refractivity contribution < 1.29 is 9.59 Å². The lowest BCUT2D eigenvalue weighted by molar-refractivity contribution is -0.137. The van der Waals surface area contributed by atoms with Gasteiger partial charge in [-0.25, -0.2) is 0 Å².